The van der Waals surface area contributed by atoms with Crippen molar-refractivity contribution in [3.05, 3.63) is 67.8 Å². The maximum absolute atomic E-state index is 12.3. The topological polar surface area (TPSA) is 152 Å². The Hall–Kier alpha value is -4.17. The highest BCUT2D eigenvalue weighted by molar-refractivity contribution is 6.75. The molecular weight excluding hydrogens is 642 g/mol. The molecule has 50 heavy (non-hydrogen) atoms. The molecule has 0 aromatic heterocycles. The summed E-state index contributed by atoms with van der Waals surface area (Å²) in [5.74, 6) is -0.00311. The number of anilines is 2. The first-order valence-corrected chi connectivity index (χ1v) is 17.4. The largest absolute Gasteiger partial charge is 0.378 e. The first-order valence-electron chi connectivity index (χ1n) is 17.4. The van der Waals surface area contributed by atoms with Crippen LogP contribution < -0.4 is 9.80 Å². The molecule has 0 N–H and O–H groups in total. The molecule has 2 amide bonds. The van der Waals surface area contributed by atoms with Crippen LogP contribution in [-0.4, -0.2) is 126 Å². The van der Waals surface area contributed by atoms with E-state index >= 15 is 0 Å². The quantitative estimate of drug-likeness (QED) is 0.229. The molecule has 4 fully saturated rings. The lowest BCUT2D eigenvalue weighted by Gasteiger charge is -2.29. The lowest BCUT2D eigenvalue weighted by atomic mass is 9.81. The van der Waals surface area contributed by atoms with Gasteiger partial charge in [-0.05, 0) is 61.8 Å². The number of rotatable bonds is 8. The van der Waals surface area contributed by atoms with Gasteiger partial charge in [0.2, 0.25) is 11.8 Å². The number of hydrogen-bond acceptors (Lipinski definition) is 10. The van der Waals surface area contributed by atoms with Gasteiger partial charge in [-0.3, -0.25) is 29.8 Å². The van der Waals surface area contributed by atoms with Crippen LogP contribution in [0.5, 0.6) is 0 Å². The third-order valence-corrected chi connectivity index (χ3v) is 9.30. The zero-order valence-electron chi connectivity index (χ0n) is 28.7. The molecule has 4 heterocycles. The molecular formula is C34H48B2N6O8. The van der Waals surface area contributed by atoms with Crippen molar-refractivity contribution in [1.82, 2.24) is 9.80 Å². The molecule has 4 saturated heterocycles. The molecule has 0 aliphatic carbocycles. The average Bonchev–Trinajstić information content (AvgIpc) is 3.17. The van der Waals surface area contributed by atoms with E-state index in [0.29, 0.717) is 75.1 Å². The molecule has 4 aliphatic rings. The fourth-order valence-electron chi connectivity index (χ4n) is 6.65. The monoisotopic (exact) mass is 690 g/mol. The van der Waals surface area contributed by atoms with Crippen molar-refractivity contribution in [2.45, 2.75) is 51.4 Å². The zero-order chi connectivity index (χ0) is 35.9. The third kappa shape index (κ3) is 10.9. The molecule has 16 heteroatoms. The molecule has 0 atom stereocenters. The van der Waals surface area contributed by atoms with Crippen molar-refractivity contribution >= 4 is 50.0 Å². The van der Waals surface area contributed by atoms with Crippen LogP contribution in [-0.2, 0) is 31.9 Å². The van der Waals surface area contributed by atoms with Gasteiger partial charge in [0.1, 0.15) is 11.4 Å². The summed E-state index contributed by atoms with van der Waals surface area (Å²) < 4.78 is 10.5. The van der Waals surface area contributed by atoms with E-state index in [1.165, 1.54) is 12.8 Å². The summed E-state index contributed by atoms with van der Waals surface area (Å²) in [6.07, 6.45) is 7.00. The van der Waals surface area contributed by atoms with Crippen molar-refractivity contribution in [3.8, 4) is 0 Å². The summed E-state index contributed by atoms with van der Waals surface area (Å²) in [7, 11) is 8.00. The number of nitrogens with zero attached hydrogens (tertiary/aromatic N) is 6. The molecule has 0 spiro atoms. The Balaban J connectivity index is 0.000000258. The Morgan fingerprint density at radius 1 is 0.600 bits per heavy atom. The molecule has 0 unspecified atom stereocenters. The lowest BCUT2D eigenvalue weighted by Crippen LogP contribution is -2.41. The first-order chi connectivity index (χ1) is 24.3. The number of amides is 2. The Morgan fingerprint density at radius 3 is 1.26 bits per heavy atom. The molecule has 0 saturated carbocycles. The van der Waals surface area contributed by atoms with Gasteiger partial charge in [-0.15, -0.1) is 0 Å². The van der Waals surface area contributed by atoms with Crippen molar-refractivity contribution in [2.24, 2.45) is 0 Å². The van der Waals surface area contributed by atoms with Gasteiger partial charge in [0.05, 0.1) is 49.1 Å². The highest BCUT2D eigenvalue weighted by atomic mass is 16.6. The number of ether oxygens (including phenoxy) is 2. The van der Waals surface area contributed by atoms with E-state index in [-0.39, 0.29) is 47.3 Å². The van der Waals surface area contributed by atoms with E-state index in [9.17, 15) is 29.8 Å². The van der Waals surface area contributed by atoms with Gasteiger partial charge in [0, 0.05) is 81.4 Å². The third-order valence-electron chi connectivity index (χ3n) is 9.30. The lowest BCUT2D eigenvalue weighted by molar-refractivity contribution is -0.384. The van der Waals surface area contributed by atoms with E-state index in [1.807, 2.05) is 12.1 Å². The van der Waals surface area contributed by atoms with Gasteiger partial charge < -0.3 is 29.1 Å². The van der Waals surface area contributed by atoms with Crippen LogP contribution in [0.3, 0.4) is 0 Å². The van der Waals surface area contributed by atoms with Crippen LogP contribution >= 0.6 is 0 Å². The standard InChI is InChI=1S/2C17H23N3O4.B2.H2/c2*21-17(19-8-10-24-11-9-19)13-14-4-5-15(16(12-14)20(22)23)18-6-2-1-3-7-18;1-2;/h2*4-5,12H,1-3,6-11,13H2;;1H. The number of benzene rings is 2. The van der Waals surface area contributed by atoms with Gasteiger partial charge in [-0.2, -0.15) is 0 Å². The van der Waals surface area contributed by atoms with Crippen molar-refractivity contribution in [1.29, 1.82) is 0 Å². The number of hydrogen-bond donors (Lipinski definition) is 0. The molecule has 4 radical (unpaired) electrons. The maximum atomic E-state index is 12.3. The molecule has 2 aromatic rings. The summed E-state index contributed by atoms with van der Waals surface area (Å²) in [6, 6.07) is 10.4. The Bertz CT molecular complexity index is 1340. The second-order valence-electron chi connectivity index (χ2n) is 12.6. The van der Waals surface area contributed by atoms with Crippen LogP contribution in [0.1, 0.15) is 51.1 Å². The van der Waals surface area contributed by atoms with E-state index in [4.69, 9.17) is 9.47 Å². The van der Waals surface area contributed by atoms with Crippen LogP contribution in [0.15, 0.2) is 36.4 Å². The molecule has 6 rings (SSSR count). The fraction of sp³-hybridized carbons (Fsp3) is 0.588. The van der Waals surface area contributed by atoms with E-state index in [0.717, 1.165) is 51.9 Å². The maximum Gasteiger partial charge on any atom is 0.292 e. The van der Waals surface area contributed by atoms with Crippen molar-refractivity contribution in [3.63, 3.8) is 0 Å². The second kappa shape index (κ2) is 19.9. The number of piperidine rings is 2. The van der Waals surface area contributed by atoms with Gasteiger partial charge in [-0.25, -0.2) is 0 Å². The Kier molecular flexibility index (Phi) is 15.4. The molecule has 0 bridgehead atoms. The molecule has 2 aromatic carbocycles. The van der Waals surface area contributed by atoms with Crippen LogP contribution in [0.25, 0.3) is 0 Å². The van der Waals surface area contributed by atoms with Gasteiger partial charge in [0.25, 0.3) is 11.4 Å². The van der Waals surface area contributed by atoms with E-state index in [2.05, 4.69) is 25.3 Å². The Labute approximate surface area is 297 Å². The highest BCUT2D eigenvalue weighted by Crippen LogP contribution is 2.33. The van der Waals surface area contributed by atoms with Crippen LogP contribution in [0.2, 0.25) is 0 Å². The van der Waals surface area contributed by atoms with E-state index < -0.39 is 0 Å². The highest BCUT2D eigenvalue weighted by Gasteiger charge is 2.25. The van der Waals surface area contributed by atoms with Crippen molar-refractivity contribution < 1.29 is 30.3 Å². The first kappa shape index (κ1) is 38.6. The minimum atomic E-state index is -0.341. The summed E-state index contributed by atoms with van der Waals surface area (Å²) in [5, 5.41) is 22.9. The van der Waals surface area contributed by atoms with Gasteiger partial charge in [-0.1, -0.05) is 12.1 Å². The molecule has 268 valence electrons. The summed E-state index contributed by atoms with van der Waals surface area (Å²) in [6.45, 7) is 8.00. The van der Waals surface area contributed by atoms with Crippen LogP contribution in [0.4, 0.5) is 22.7 Å². The zero-order valence-corrected chi connectivity index (χ0v) is 28.7. The second-order valence-corrected chi connectivity index (χ2v) is 12.6. The fourth-order valence-corrected chi connectivity index (χ4v) is 6.65. The summed E-state index contributed by atoms with van der Waals surface area (Å²) in [5.41, 5.74) is 2.93. The molecule has 4 aliphatic heterocycles. The van der Waals surface area contributed by atoms with Gasteiger partial charge in [0.15, 0.2) is 0 Å². The minimum absolute atomic E-state index is 0. The average molecular weight is 690 g/mol. The predicted molar refractivity (Wildman–Crippen MR) is 194 cm³/mol. The normalized spacial score (nSPS) is 17.8. The minimum Gasteiger partial charge on any atom is -0.378 e. The van der Waals surface area contributed by atoms with Crippen LogP contribution in [0, 0.1) is 20.2 Å². The smallest absolute Gasteiger partial charge is 0.292 e. The number of nitro benzene ring substituents is 2. The summed E-state index contributed by atoms with van der Waals surface area (Å²) in [4.78, 5) is 54.6. The Morgan fingerprint density at radius 2 is 0.940 bits per heavy atom. The number of carbonyl (C=O) groups is 2. The van der Waals surface area contributed by atoms with Gasteiger partial charge >= 0.3 is 0 Å². The van der Waals surface area contributed by atoms with Crippen molar-refractivity contribution in [2.75, 3.05) is 88.6 Å². The van der Waals surface area contributed by atoms with E-state index in [1.54, 1.807) is 34.1 Å². The number of carbonyl (C=O) groups excluding carboxylic acids is 2. The summed E-state index contributed by atoms with van der Waals surface area (Å²) >= 11 is 0. The molecule has 14 nitrogen and oxygen atoms in total. The SMILES string of the molecule is O=C(Cc1ccc(N2CCCCC2)c([N+](=O)[O-])c1)N1CCOCC1.O=C(Cc1ccc(N2CCCCC2)c([N+](=O)[O-])c1)N1CCOCC1.[B][B].[HH]. The number of morpholine rings is 2. The number of nitro groups is 2. The predicted octanol–water partition coefficient (Wildman–Crippen LogP) is 3.46.